The molecule has 2 aromatic carbocycles. The summed E-state index contributed by atoms with van der Waals surface area (Å²) >= 11 is 0. The third-order valence-electron chi connectivity index (χ3n) is 5.13. The summed E-state index contributed by atoms with van der Waals surface area (Å²) in [6.07, 6.45) is 3.86. The summed E-state index contributed by atoms with van der Waals surface area (Å²) in [5, 5.41) is 2.87. The molecule has 4 rings (SSSR count). The van der Waals surface area contributed by atoms with Crippen LogP contribution in [0, 0.1) is 5.82 Å². The number of rotatable bonds is 6. The molecule has 0 saturated carbocycles. The molecular formula is C23H23FN3O3+. The number of imidazole rings is 1. The Hall–Kier alpha value is -3.48. The summed E-state index contributed by atoms with van der Waals surface area (Å²) in [7, 11) is 0. The lowest BCUT2D eigenvalue weighted by Gasteiger charge is -2.06. The Morgan fingerprint density at radius 2 is 1.87 bits per heavy atom. The fraction of sp³-hybridized carbons (Fsp3) is 0.261. The van der Waals surface area contributed by atoms with Crippen molar-refractivity contribution in [2.45, 2.75) is 32.9 Å². The molecule has 30 heavy (non-hydrogen) atoms. The van der Waals surface area contributed by atoms with Gasteiger partial charge < -0.3 is 10.1 Å². The number of hydrogen-bond donors (Lipinski definition) is 1. The van der Waals surface area contributed by atoms with Crippen LogP contribution >= 0.6 is 0 Å². The third-order valence-corrected chi connectivity index (χ3v) is 5.13. The summed E-state index contributed by atoms with van der Waals surface area (Å²) in [5.41, 5.74) is 2.96. The quantitative estimate of drug-likeness (QED) is 0.503. The van der Waals surface area contributed by atoms with Crippen LogP contribution in [0.3, 0.4) is 0 Å². The first kappa shape index (κ1) is 19.8. The topological polar surface area (TPSA) is 64.2 Å². The van der Waals surface area contributed by atoms with Crippen LogP contribution in [0.1, 0.15) is 29.5 Å². The van der Waals surface area contributed by atoms with Gasteiger partial charge in [-0.15, -0.1) is 0 Å². The van der Waals surface area contributed by atoms with Crippen LogP contribution < -0.4 is 9.88 Å². The highest BCUT2D eigenvalue weighted by Crippen LogP contribution is 2.25. The molecule has 0 saturated heterocycles. The van der Waals surface area contributed by atoms with Crippen molar-refractivity contribution in [3.63, 3.8) is 0 Å². The third kappa shape index (κ3) is 4.10. The lowest BCUT2D eigenvalue weighted by Crippen LogP contribution is -2.42. The molecule has 1 N–H and O–H groups in total. The highest BCUT2D eigenvalue weighted by atomic mass is 19.1. The zero-order valence-electron chi connectivity index (χ0n) is 16.7. The van der Waals surface area contributed by atoms with E-state index in [0.717, 1.165) is 36.5 Å². The molecule has 0 spiro atoms. The zero-order valence-corrected chi connectivity index (χ0v) is 16.7. The van der Waals surface area contributed by atoms with Crippen LogP contribution in [0.4, 0.5) is 10.1 Å². The first-order chi connectivity index (χ1) is 14.5. The van der Waals surface area contributed by atoms with Crippen molar-refractivity contribution in [3.8, 4) is 11.3 Å². The molecule has 6 nitrogen and oxygen atoms in total. The number of benzene rings is 2. The van der Waals surface area contributed by atoms with Gasteiger partial charge in [0.25, 0.3) is 11.7 Å². The second-order valence-corrected chi connectivity index (χ2v) is 7.17. The first-order valence-corrected chi connectivity index (χ1v) is 10.00. The van der Waals surface area contributed by atoms with E-state index in [1.807, 2.05) is 10.8 Å². The summed E-state index contributed by atoms with van der Waals surface area (Å²) in [6, 6.07) is 13.0. The lowest BCUT2D eigenvalue weighted by molar-refractivity contribution is -0.690. The molecule has 154 valence electrons. The van der Waals surface area contributed by atoms with Crippen molar-refractivity contribution in [1.82, 2.24) is 4.57 Å². The predicted octanol–water partition coefficient (Wildman–Crippen LogP) is 3.34. The first-order valence-electron chi connectivity index (χ1n) is 10.00. The number of nitrogens with one attached hydrogen (secondary N) is 1. The minimum atomic E-state index is -0.386. The van der Waals surface area contributed by atoms with Gasteiger partial charge in [0.05, 0.1) is 25.1 Å². The second kappa shape index (κ2) is 8.49. The SMILES string of the molecule is CCOC(=O)c1ccc(NC(=O)C[n+]2cc(-c3ccc(F)cc3)n3c2CCC3)cc1. The number of hydrogen-bond acceptors (Lipinski definition) is 3. The van der Waals surface area contributed by atoms with Gasteiger partial charge in [-0.25, -0.2) is 18.3 Å². The standard InChI is InChI=1S/C23H22FN3O3/c1-2-30-23(29)17-7-11-19(12-8-17)25-21(28)15-26-14-20(27-13-3-4-22(26)27)16-5-9-18(24)10-6-16/h5-12,14H,2-4,13,15H2,1H3/p+1. The van der Waals surface area contributed by atoms with Gasteiger partial charge >= 0.3 is 5.97 Å². The van der Waals surface area contributed by atoms with E-state index in [4.69, 9.17) is 4.74 Å². The van der Waals surface area contributed by atoms with Gasteiger partial charge in [-0.1, -0.05) is 0 Å². The molecule has 3 aromatic rings. The van der Waals surface area contributed by atoms with Gasteiger partial charge in [-0.3, -0.25) is 4.79 Å². The number of carbonyl (C=O) groups excluding carboxylic acids is 2. The van der Waals surface area contributed by atoms with Crippen molar-refractivity contribution in [3.05, 3.63) is 71.9 Å². The molecule has 7 heteroatoms. The molecule has 0 aliphatic carbocycles. The fourth-order valence-corrected chi connectivity index (χ4v) is 3.76. The highest BCUT2D eigenvalue weighted by Gasteiger charge is 2.29. The Morgan fingerprint density at radius 3 is 2.57 bits per heavy atom. The number of anilines is 1. The molecule has 0 fully saturated rings. The van der Waals surface area contributed by atoms with Crippen molar-refractivity contribution in [2.24, 2.45) is 0 Å². The van der Waals surface area contributed by atoms with Crippen LogP contribution in [0.2, 0.25) is 0 Å². The van der Waals surface area contributed by atoms with E-state index in [1.54, 1.807) is 43.3 Å². The predicted molar refractivity (Wildman–Crippen MR) is 109 cm³/mol. The molecule has 1 amide bonds. The van der Waals surface area contributed by atoms with Crippen LogP contribution in [-0.2, 0) is 29.0 Å². The van der Waals surface area contributed by atoms with Crippen LogP contribution in [0.15, 0.2) is 54.7 Å². The van der Waals surface area contributed by atoms with E-state index in [-0.39, 0.29) is 24.2 Å². The minimum Gasteiger partial charge on any atom is -0.462 e. The summed E-state index contributed by atoms with van der Waals surface area (Å²) in [4.78, 5) is 24.3. The number of halogens is 1. The summed E-state index contributed by atoms with van der Waals surface area (Å²) in [5.74, 6) is 0.272. The zero-order chi connectivity index (χ0) is 21.1. The molecular weight excluding hydrogens is 385 g/mol. The maximum Gasteiger partial charge on any atom is 0.338 e. The number of amides is 1. The average Bonchev–Trinajstić information content (AvgIpc) is 3.33. The van der Waals surface area contributed by atoms with E-state index in [9.17, 15) is 14.0 Å². The maximum absolute atomic E-state index is 13.3. The van der Waals surface area contributed by atoms with Gasteiger partial charge in [0, 0.05) is 11.3 Å². The summed E-state index contributed by atoms with van der Waals surface area (Å²) < 4.78 is 22.4. The monoisotopic (exact) mass is 408 g/mol. The van der Waals surface area contributed by atoms with E-state index >= 15 is 0 Å². The number of fused-ring (bicyclic) bond motifs is 1. The van der Waals surface area contributed by atoms with Gasteiger partial charge in [-0.05, 0) is 61.9 Å². The fourth-order valence-electron chi connectivity index (χ4n) is 3.76. The van der Waals surface area contributed by atoms with Crippen molar-refractivity contribution in [1.29, 1.82) is 0 Å². The van der Waals surface area contributed by atoms with E-state index < -0.39 is 0 Å². The number of nitrogens with zero attached hydrogens (tertiary/aromatic N) is 2. The Balaban J connectivity index is 1.48. The molecule has 1 aromatic heterocycles. The maximum atomic E-state index is 13.3. The van der Waals surface area contributed by atoms with Crippen molar-refractivity contribution in [2.75, 3.05) is 11.9 Å². The van der Waals surface area contributed by atoms with Gasteiger partial charge in [0.1, 0.15) is 12.0 Å². The lowest BCUT2D eigenvalue weighted by atomic mass is 10.1. The van der Waals surface area contributed by atoms with Gasteiger partial charge in [-0.2, -0.15) is 0 Å². The van der Waals surface area contributed by atoms with Crippen LogP contribution in [0.5, 0.6) is 0 Å². The molecule has 0 bridgehead atoms. The van der Waals surface area contributed by atoms with E-state index in [0.29, 0.717) is 17.9 Å². The second-order valence-electron chi connectivity index (χ2n) is 7.17. The molecule has 2 heterocycles. The van der Waals surface area contributed by atoms with Gasteiger partial charge in [0.2, 0.25) is 0 Å². The molecule has 0 unspecified atom stereocenters. The van der Waals surface area contributed by atoms with E-state index in [2.05, 4.69) is 9.88 Å². The number of esters is 1. The molecule has 0 radical (unpaired) electrons. The smallest absolute Gasteiger partial charge is 0.338 e. The normalized spacial score (nSPS) is 12.5. The number of carbonyl (C=O) groups is 2. The van der Waals surface area contributed by atoms with E-state index in [1.165, 1.54) is 12.1 Å². The van der Waals surface area contributed by atoms with Crippen molar-refractivity contribution >= 4 is 17.6 Å². The Kier molecular flexibility index (Phi) is 5.61. The molecule has 0 atom stereocenters. The largest absolute Gasteiger partial charge is 0.462 e. The molecule has 1 aliphatic heterocycles. The number of aromatic nitrogens is 2. The minimum absolute atomic E-state index is 0.158. The Labute approximate surface area is 173 Å². The van der Waals surface area contributed by atoms with Crippen LogP contribution in [-0.4, -0.2) is 23.1 Å². The van der Waals surface area contributed by atoms with Crippen molar-refractivity contribution < 1.29 is 23.3 Å². The summed E-state index contributed by atoms with van der Waals surface area (Å²) in [6.45, 7) is 3.13. The van der Waals surface area contributed by atoms with Crippen LogP contribution in [0.25, 0.3) is 11.3 Å². The molecule has 1 aliphatic rings. The highest BCUT2D eigenvalue weighted by molar-refractivity contribution is 5.92. The number of ether oxygens (including phenoxy) is 1. The Morgan fingerprint density at radius 1 is 1.13 bits per heavy atom. The van der Waals surface area contributed by atoms with Gasteiger partial charge in [0.15, 0.2) is 12.2 Å². The Bertz CT molecular complexity index is 1070. The average molecular weight is 408 g/mol.